The first kappa shape index (κ1) is 19.1. The highest BCUT2D eigenvalue weighted by molar-refractivity contribution is 5.91. The summed E-state index contributed by atoms with van der Waals surface area (Å²) in [6, 6.07) is 20.6. The van der Waals surface area contributed by atoms with Crippen LogP contribution < -0.4 is 0 Å². The van der Waals surface area contributed by atoms with Crippen molar-refractivity contribution in [3.63, 3.8) is 0 Å². The third-order valence-corrected chi connectivity index (χ3v) is 4.53. The molecule has 0 radical (unpaired) electrons. The van der Waals surface area contributed by atoms with E-state index in [1.807, 2.05) is 42.5 Å². The van der Waals surface area contributed by atoms with E-state index in [9.17, 15) is 9.59 Å². The number of carbonyl (C=O) groups excluding carboxylic acids is 2. The van der Waals surface area contributed by atoms with Crippen LogP contribution in [0, 0.1) is 0 Å². The third kappa shape index (κ3) is 3.86. The standard InChI is InChI=1S/C24H20O4/c1-4-16-15-21(17-5-9-19(10-6-17)23(25)27-2)13-14-22(16)18-7-11-20(12-8-18)24(26)28-3/h4-15H,1H2,2-3H3. The Bertz CT molecular complexity index is 1020. The van der Waals surface area contributed by atoms with Crippen molar-refractivity contribution in [1.82, 2.24) is 0 Å². The molecule has 0 saturated carbocycles. The summed E-state index contributed by atoms with van der Waals surface area (Å²) >= 11 is 0. The van der Waals surface area contributed by atoms with E-state index in [0.717, 1.165) is 27.8 Å². The highest BCUT2D eigenvalue weighted by Crippen LogP contribution is 2.30. The van der Waals surface area contributed by atoms with Crippen molar-refractivity contribution in [2.45, 2.75) is 0 Å². The highest BCUT2D eigenvalue weighted by atomic mass is 16.5. The Morgan fingerprint density at radius 1 is 0.714 bits per heavy atom. The largest absolute Gasteiger partial charge is 0.465 e. The number of benzene rings is 3. The molecule has 0 aliphatic carbocycles. The minimum absolute atomic E-state index is 0.357. The van der Waals surface area contributed by atoms with Crippen LogP contribution in [0.1, 0.15) is 26.3 Å². The Balaban J connectivity index is 1.93. The van der Waals surface area contributed by atoms with Gasteiger partial charge in [0, 0.05) is 0 Å². The molecule has 0 aromatic heterocycles. The molecule has 4 heteroatoms. The summed E-state index contributed by atoms with van der Waals surface area (Å²) < 4.78 is 9.47. The zero-order chi connectivity index (χ0) is 20.1. The van der Waals surface area contributed by atoms with E-state index in [4.69, 9.17) is 9.47 Å². The molecule has 0 heterocycles. The quantitative estimate of drug-likeness (QED) is 0.575. The number of rotatable bonds is 5. The molecule has 3 aromatic carbocycles. The maximum atomic E-state index is 11.6. The van der Waals surface area contributed by atoms with Crippen LogP contribution in [0.15, 0.2) is 73.3 Å². The summed E-state index contributed by atoms with van der Waals surface area (Å²) in [4.78, 5) is 23.2. The Morgan fingerprint density at radius 2 is 1.18 bits per heavy atom. The van der Waals surface area contributed by atoms with Gasteiger partial charge >= 0.3 is 11.9 Å². The van der Waals surface area contributed by atoms with Crippen molar-refractivity contribution in [3.05, 3.63) is 90.0 Å². The fourth-order valence-corrected chi connectivity index (χ4v) is 2.99. The second kappa shape index (κ2) is 8.35. The number of esters is 2. The lowest BCUT2D eigenvalue weighted by Gasteiger charge is -2.11. The van der Waals surface area contributed by atoms with Gasteiger partial charge in [-0.15, -0.1) is 0 Å². The molecule has 0 amide bonds. The van der Waals surface area contributed by atoms with E-state index in [1.54, 1.807) is 30.3 Å². The van der Waals surface area contributed by atoms with Crippen LogP contribution >= 0.6 is 0 Å². The topological polar surface area (TPSA) is 52.6 Å². The molecule has 0 atom stereocenters. The number of methoxy groups -OCH3 is 2. The average molecular weight is 372 g/mol. The second-order valence-electron chi connectivity index (χ2n) is 6.14. The first-order chi connectivity index (χ1) is 13.6. The van der Waals surface area contributed by atoms with Crippen LogP contribution in [0.25, 0.3) is 28.3 Å². The van der Waals surface area contributed by atoms with Crippen LogP contribution in [0.3, 0.4) is 0 Å². The molecule has 3 rings (SSSR count). The van der Waals surface area contributed by atoms with Crippen molar-refractivity contribution < 1.29 is 19.1 Å². The van der Waals surface area contributed by atoms with Gasteiger partial charge in [0.2, 0.25) is 0 Å². The van der Waals surface area contributed by atoms with Gasteiger partial charge in [-0.3, -0.25) is 0 Å². The fraction of sp³-hybridized carbons (Fsp3) is 0.0833. The number of ether oxygens (including phenoxy) is 2. The molecule has 0 aliphatic rings. The molecule has 140 valence electrons. The summed E-state index contributed by atoms with van der Waals surface area (Å²) in [7, 11) is 2.73. The normalized spacial score (nSPS) is 10.2. The highest BCUT2D eigenvalue weighted by Gasteiger charge is 2.10. The van der Waals surface area contributed by atoms with Gasteiger partial charge < -0.3 is 9.47 Å². The van der Waals surface area contributed by atoms with Crippen LogP contribution in [-0.2, 0) is 9.47 Å². The molecule has 0 fully saturated rings. The first-order valence-electron chi connectivity index (χ1n) is 8.71. The van der Waals surface area contributed by atoms with Crippen LogP contribution in [0.5, 0.6) is 0 Å². The first-order valence-corrected chi connectivity index (χ1v) is 8.71. The SMILES string of the molecule is C=Cc1cc(-c2ccc(C(=O)OC)cc2)ccc1-c1ccc(C(=O)OC)cc1. The lowest BCUT2D eigenvalue weighted by atomic mass is 9.94. The summed E-state index contributed by atoms with van der Waals surface area (Å²) in [6.45, 7) is 3.92. The summed E-state index contributed by atoms with van der Waals surface area (Å²) in [5.41, 5.74) is 5.99. The van der Waals surface area contributed by atoms with E-state index >= 15 is 0 Å². The molecule has 0 N–H and O–H groups in total. The lowest BCUT2D eigenvalue weighted by Crippen LogP contribution is -2.00. The monoisotopic (exact) mass is 372 g/mol. The Labute approximate surface area is 164 Å². The van der Waals surface area contributed by atoms with Crippen molar-refractivity contribution in [2.24, 2.45) is 0 Å². The van der Waals surface area contributed by atoms with E-state index in [1.165, 1.54) is 14.2 Å². The van der Waals surface area contributed by atoms with Gasteiger partial charge in [0.05, 0.1) is 25.3 Å². The zero-order valence-corrected chi connectivity index (χ0v) is 15.8. The number of hydrogen-bond acceptors (Lipinski definition) is 4. The maximum Gasteiger partial charge on any atom is 0.337 e. The summed E-state index contributed by atoms with van der Waals surface area (Å²) in [5.74, 6) is -0.717. The third-order valence-electron chi connectivity index (χ3n) is 4.53. The molecule has 0 bridgehead atoms. The fourth-order valence-electron chi connectivity index (χ4n) is 2.99. The summed E-state index contributed by atoms with van der Waals surface area (Å²) in [6.07, 6.45) is 1.80. The van der Waals surface area contributed by atoms with Crippen molar-refractivity contribution >= 4 is 18.0 Å². The van der Waals surface area contributed by atoms with Gasteiger partial charge in [0.25, 0.3) is 0 Å². The predicted octanol–water partition coefficient (Wildman–Crippen LogP) is 5.24. The molecule has 3 aromatic rings. The molecule has 0 saturated heterocycles. The molecule has 28 heavy (non-hydrogen) atoms. The van der Waals surface area contributed by atoms with E-state index in [0.29, 0.717) is 11.1 Å². The maximum absolute atomic E-state index is 11.6. The van der Waals surface area contributed by atoms with Crippen molar-refractivity contribution in [1.29, 1.82) is 0 Å². The van der Waals surface area contributed by atoms with E-state index in [2.05, 4.69) is 6.58 Å². The van der Waals surface area contributed by atoms with Crippen LogP contribution in [-0.4, -0.2) is 26.2 Å². The van der Waals surface area contributed by atoms with Crippen molar-refractivity contribution in [3.8, 4) is 22.3 Å². The summed E-state index contributed by atoms with van der Waals surface area (Å²) in [5, 5.41) is 0. The Hall–Kier alpha value is -3.66. The lowest BCUT2D eigenvalue weighted by molar-refractivity contribution is 0.0592. The minimum atomic E-state index is -0.360. The molecule has 0 aliphatic heterocycles. The average Bonchev–Trinajstić information content (AvgIpc) is 2.77. The molecule has 0 unspecified atom stereocenters. The van der Waals surface area contributed by atoms with E-state index < -0.39 is 0 Å². The van der Waals surface area contributed by atoms with Gasteiger partial charge in [-0.05, 0) is 58.1 Å². The predicted molar refractivity (Wildman–Crippen MR) is 110 cm³/mol. The van der Waals surface area contributed by atoms with Gasteiger partial charge in [-0.25, -0.2) is 9.59 Å². The van der Waals surface area contributed by atoms with Gasteiger partial charge in [0.1, 0.15) is 0 Å². The van der Waals surface area contributed by atoms with Gasteiger partial charge in [-0.1, -0.05) is 49.1 Å². The smallest absolute Gasteiger partial charge is 0.337 e. The van der Waals surface area contributed by atoms with Crippen LogP contribution in [0.4, 0.5) is 0 Å². The van der Waals surface area contributed by atoms with Crippen LogP contribution in [0.2, 0.25) is 0 Å². The van der Waals surface area contributed by atoms with Gasteiger partial charge in [0.15, 0.2) is 0 Å². The van der Waals surface area contributed by atoms with Gasteiger partial charge in [-0.2, -0.15) is 0 Å². The van der Waals surface area contributed by atoms with Crippen molar-refractivity contribution in [2.75, 3.05) is 14.2 Å². The second-order valence-corrected chi connectivity index (χ2v) is 6.14. The molecular weight excluding hydrogens is 352 g/mol. The Morgan fingerprint density at radius 3 is 1.64 bits per heavy atom. The Kier molecular flexibility index (Phi) is 5.70. The number of hydrogen-bond donors (Lipinski definition) is 0. The molecular formula is C24H20O4. The molecule has 4 nitrogen and oxygen atoms in total. The zero-order valence-electron chi connectivity index (χ0n) is 15.8. The molecule has 0 spiro atoms. The number of carbonyl (C=O) groups is 2. The minimum Gasteiger partial charge on any atom is -0.465 e. The van der Waals surface area contributed by atoms with E-state index in [-0.39, 0.29) is 11.9 Å².